The molecule has 1 saturated heterocycles. The van der Waals surface area contributed by atoms with Crippen molar-refractivity contribution in [1.82, 2.24) is 10.2 Å². The Labute approximate surface area is 126 Å². The van der Waals surface area contributed by atoms with Crippen LogP contribution >= 0.6 is 11.8 Å². The third-order valence-electron chi connectivity index (χ3n) is 3.87. The third kappa shape index (κ3) is 4.21. The van der Waals surface area contributed by atoms with Crippen LogP contribution in [0, 0.1) is 5.82 Å². The fraction of sp³-hybridized carbons (Fsp3) is 0.625. The maximum absolute atomic E-state index is 13.9. The highest BCUT2D eigenvalue weighted by Crippen LogP contribution is 2.30. The van der Waals surface area contributed by atoms with E-state index in [1.54, 1.807) is 12.1 Å². The van der Waals surface area contributed by atoms with Crippen molar-refractivity contribution in [3.63, 3.8) is 0 Å². The monoisotopic (exact) mass is 296 g/mol. The zero-order valence-corrected chi connectivity index (χ0v) is 13.5. The van der Waals surface area contributed by atoms with Gasteiger partial charge >= 0.3 is 0 Å². The summed E-state index contributed by atoms with van der Waals surface area (Å²) in [5.41, 5.74) is 0.778. The van der Waals surface area contributed by atoms with Crippen LogP contribution in [-0.2, 0) is 0 Å². The number of rotatable bonds is 5. The molecule has 4 heteroatoms. The second kappa shape index (κ2) is 6.92. The predicted molar refractivity (Wildman–Crippen MR) is 85.8 cm³/mol. The van der Waals surface area contributed by atoms with Gasteiger partial charge in [-0.2, -0.15) is 11.8 Å². The minimum atomic E-state index is -0.110. The molecule has 1 unspecified atom stereocenters. The summed E-state index contributed by atoms with van der Waals surface area (Å²) in [7, 11) is 1.91. The van der Waals surface area contributed by atoms with Gasteiger partial charge in [-0.15, -0.1) is 0 Å². The predicted octanol–water partition coefficient (Wildman–Crippen LogP) is 3.30. The molecule has 1 aliphatic heterocycles. The van der Waals surface area contributed by atoms with Gasteiger partial charge in [0.15, 0.2) is 0 Å². The van der Waals surface area contributed by atoms with Crippen LogP contribution in [0.1, 0.15) is 31.9 Å². The Hall–Kier alpha value is -0.580. The van der Waals surface area contributed by atoms with Gasteiger partial charge in [-0.3, -0.25) is 0 Å². The lowest BCUT2D eigenvalue weighted by molar-refractivity contribution is 0.246. The molecule has 1 aromatic rings. The summed E-state index contributed by atoms with van der Waals surface area (Å²) in [6.45, 7) is 7.88. The summed E-state index contributed by atoms with van der Waals surface area (Å²) < 4.78 is 14.2. The lowest BCUT2D eigenvalue weighted by atomic mass is 10.0. The molecule has 0 amide bonds. The van der Waals surface area contributed by atoms with Crippen molar-refractivity contribution in [2.24, 2.45) is 0 Å². The number of nitrogens with zero attached hydrogens (tertiary/aromatic N) is 1. The van der Waals surface area contributed by atoms with Gasteiger partial charge in [-0.05, 0) is 33.4 Å². The lowest BCUT2D eigenvalue weighted by Crippen LogP contribution is -2.44. The van der Waals surface area contributed by atoms with Gasteiger partial charge in [-0.1, -0.05) is 18.2 Å². The Morgan fingerprint density at radius 1 is 1.40 bits per heavy atom. The number of thioether (sulfide) groups is 1. The Morgan fingerprint density at radius 2 is 2.15 bits per heavy atom. The number of benzene rings is 1. The van der Waals surface area contributed by atoms with Gasteiger partial charge < -0.3 is 10.2 Å². The Balaban J connectivity index is 1.93. The van der Waals surface area contributed by atoms with E-state index in [0.29, 0.717) is 4.75 Å². The zero-order valence-electron chi connectivity index (χ0n) is 12.7. The molecule has 1 N–H and O–H groups in total. The summed E-state index contributed by atoms with van der Waals surface area (Å²) >= 11 is 2.05. The summed E-state index contributed by atoms with van der Waals surface area (Å²) in [5.74, 6) is 1.08. The van der Waals surface area contributed by atoms with Crippen molar-refractivity contribution >= 4 is 11.8 Å². The zero-order chi connectivity index (χ0) is 14.6. The second-order valence-electron chi connectivity index (χ2n) is 6.04. The molecule has 0 aliphatic carbocycles. The lowest BCUT2D eigenvalue weighted by Gasteiger charge is -2.38. The first kappa shape index (κ1) is 15.8. The van der Waals surface area contributed by atoms with E-state index in [2.05, 4.69) is 24.1 Å². The van der Waals surface area contributed by atoms with Crippen molar-refractivity contribution in [2.75, 3.05) is 32.4 Å². The van der Waals surface area contributed by atoms with E-state index in [-0.39, 0.29) is 11.9 Å². The molecular weight excluding hydrogens is 271 g/mol. The van der Waals surface area contributed by atoms with Gasteiger partial charge in [0.25, 0.3) is 0 Å². The van der Waals surface area contributed by atoms with Crippen LogP contribution in [0.2, 0.25) is 0 Å². The molecular formula is C16H25FN2S. The van der Waals surface area contributed by atoms with E-state index in [1.807, 2.05) is 30.9 Å². The van der Waals surface area contributed by atoms with Crippen LogP contribution in [0.25, 0.3) is 0 Å². The molecule has 1 heterocycles. The number of hydrogen-bond donors (Lipinski definition) is 1. The van der Waals surface area contributed by atoms with Gasteiger partial charge in [0.05, 0.1) is 0 Å². The van der Waals surface area contributed by atoms with E-state index in [4.69, 9.17) is 0 Å². The first-order valence-corrected chi connectivity index (χ1v) is 8.28. The van der Waals surface area contributed by atoms with Crippen molar-refractivity contribution in [2.45, 2.75) is 31.1 Å². The van der Waals surface area contributed by atoms with Crippen LogP contribution in [0.15, 0.2) is 24.3 Å². The average molecular weight is 296 g/mol. The minimum absolute atomic E-state index is 0.0916. The average Bonchev–Trinajstić information content (AvgIpc) is 2.40. The van der Waals surface area contributed by atoms with Crippen molar-refractivity contribution in [3.8, 4) is 0 Å². The highest BCUT2D eigenvalue weighted by molar-refractivity contribution is 8.00. The molecule has 1 fully saturated rings. The minimum Gasteiger partial charge on any atom is -0.313 e. The topological polar surface area (TPSA) is 15.3 Å². The van der Waals surface area contributed by atoms with E-state index < -0.39 is 0 Å². The molecule has 1 aromatic carbocycles. The Bertz CT molecular complexity index is 436. The van der Waals surface area contributed by atoms with Crippen LogP contribution < -0.4 is 5.32 Å². The summed E-state index contributed by atoms with van der Waals surface area (Å²) in [6.07, 6.45) is 0.943. The number of nitrogens with one attached hydrogen (secondary N) is 1. The smallest absolute Gasteiger partial charge is 0.127 e. The largest absolute Gasteiger partial charge is 0.313 e. The molecule has 2 rings (SSSR count). The van der Waals surface area contributed by atoms with Crippen LogP contribution in [-0.4, -0.2) is 42.1 Å². The molecule has 0 spiro atoms. The molecule has 1 atom stereocenters. The highest BCUT2D eigenvalue weighted by Gasteiger charge is 2.27. The standard InChI is InChI=1S/C16H25FN2S/c1-16(2)12-19(10-11-20-16)9-8-15(18-3)13-6-4-5-7-14(13)17/h4-7,15,18H,8-12H2,1-3H3. The number of hydrogen-bond acceptors (Lipinski definition) is 3. The normalized spacial score (nSPS) is 20.8. The van der Waals surface area contributed by atoms with Crippen molar-refractivity contribution in [3.05, 3.63) is 35.6 Å². The van der Waals surface area contributed by atoms with E-state index in [9.17, 15) is 4.39 Å². The molecule has 0 bridgehead atoms. The fourth-order valence-electron chi connectivity index (χ4n) is 2.83. The molecule has 0 radical (unpaired) electrons. The molecule has 0 saturated carbocycles. The van der Waals surface area contributed by atoms with Gasteiger partial charge in [0, 0.05) is 41.7 Å². The molecule has 2 nitrogen and oxygen atoms in total. The molecule has 0 aromatic heterocycles. The molecule has 112 valence electrons. The van der Waals surface area contributed by atoms with Crippen molar-refractivity contribution in [1.29, 1.82) is 0 Å². The van der Waals surface area contributed by atoms with Crippen LogP contribution in [0.3, 0.4) is 0 Å². The highest BCUT2D eigenvalue weighted by atomic mass is 32.2. The SMILES string of the molecule is CNC(CCN1CCSC(C)(C)C1)c1ccccc1F. The summed E-state index contributed by atoms with van der Waals surface area (Å²) in [4.78, 5) is 2.50. The van der Waals surface area contributed by atoms with E-state index in [0.717, 1.165) is 31.6 Å². The first-order chi connectivity index (χ1) is 9.52. The van der Waals surface area contributed by atoms with Crippen LogP contribution in [0.5, 0.6) is 0 Å². The first-order valence-electron chi connectivity index (χ1n) is 7.30. The van der Waals surface area contributed by atoms with Gasteiger partial charge in [0.1, 0.15) is 5.82 Å². The maximum Gasteiger partial charge on any atom is 0.127 e. The van der Waals surface area contributed by atoms with Gasteiger partial charge in [-0.25, -0.2) is 4.39 Å². The number of halogens is 1. The van der Waals surface area contributed by atoms with E-state index >= 15 is 0 Å². The van der Waals surface area contributed by atoms with E-state index in [1.165, 1.54) is 5.75 Å². The summed E-state index contributed by atoms with van der Waals surface area (Å²) in [6, 6.07) is 7.17. The molecule has 1 aliphatic rings. The quantitative estimate of drug-likeness (QED) is 0.897. The third-order valence-corrected chi connectivity index (χ3v) is 5.17. The fourth-order valence-corrected chi connectivity index (χ4v) is 4.01. The van der Waals surface area contributed by atoms with Crippen LogP contribution in [0.4, 0.5) is 4.39 Å². The van der Waals surface area contributed by atoms with Crippen molar-refractivity contribution < 1.29 is 4.39 Å². The second-order valence-corrected chi connectivity index (χ2v) is 7.84. The Morgan fingerprint density at radius 3 is 2.80 bits per heavy atom. The molecule has 20 heavy (non-hydrogen) atoms. The van der Waals surface area contributed by atoms with Gasteiger partial charge in [0.2, 0.25) is 0 Å². The summed E-state index contributed by atoms with van der Waals surface area (Å²) in [5, 5.41) is 3.25. The Kier molecular flexibility index (Phi) is 5.47. The maximum atomic E-state index is 13.9.